The summed E-state index contributed by atoms with van der Waals surface area (Å²) in [6.07, 6.45) is 4.53. The van der Waals surface area contributed by atoms with E-state index in [1.807, 2.05) is 37.3 Å². The summed E-state index contributed by atoms with van der Waals surface area (Å²) in [6, 6.07) is 9.71. The molecule has 0 saturated carbocycles. The lowest BCUT2D eigenvalue weighted by Gasteiger charge is -2.11. The molecule has 0 fully saturated rings. The van der Waals surface area contributed by atoms with Gasteiger partial charge in [-0.3, -0.25) is 4.98 Å². The van der Waals surface area contributed by atoms with E-state index in [2.05, 4.69) is 20.3 Å². The van der Waals surface area contributed by atoms with E-state index in [4.69, 9.17) is 11.6 Å². The lowest BCUT2D eigenvalue weighted by atomic mass is 10.0. The molecule has 0 aliphatic carbocycles. The minimum absolute atomic E-state index is 0.00467. The molecule has 0 aliphatic rings. The molecule has 3 aromatic rings. The zero-order valence-corrected chi connectivity index (χ0v) is 12.5. The van der Waals surface area contributed by atoms with E-state index in [0.29, 0.717) is 0 Å². The summed E-state index contributed by atoms with van der Waals surface area (Å²) < 4.78 is 13.7. The molecule has 2 aromatic heterocycles. The Kier molecular flexibility index (Phi) is 3.98. The number of pyridine rings is 1. The molecule has 0 amide bonds. The Morgan fingerprint density at radius 3 is 2.59 bits per heavy atom. The minimum atomic E-state index is -0.554. The molecule has 1 N–H and O–H groups in total. The summed E-state index contributed by atoms with van der Waals surface area (Å²) in [5.41, 5.74) is 3.85. The molecule has 110 valence electrons. The van der Waals surface area contributed by atoms with Crippen molar-refractivity contribution in [3.8, 4) is 11.1 Å². The first-order valence-electron chi connectivity index (χ1n) is 6.59. The molecule has 0 unspecified atom stereocenters. The molecule has 6 heteroatoms. The van der Waals surface area contributed by atoms with Crippen molar-refractivity contribution in [2.75, 3.05) is 5.32 Å². The summed E-state index contributed by atoms with van der Waals surface area (Å²) in [4.78, 5) is 11.4. The first kappa shape index (κ1) is 14.4. The smallest absolute Gasteiger partial charge is 0.224 e. The SMILES string of the molecule is Cc1cc(-c2ccncc2)ccc1Nc1nc(Cl)ncc1F. The molecule has 4 nitrogen and oxygen atoms in total. The first-order chi connectivity index (χ1) is 10.6. The number of aryl methyl sites for hydroxylation is 1. The maximum absolute atomic E-state index is 13.7. The van der Waals surface area contributed by atoms with Crippen LogP contribution in [0.2, 0.25) is 5.28 Å². The molecule has 0 bridgehead atoms. The van der Waals surface area contributed by atoms with Gasteiger partial charge in [0.2, 0.25) is 5.28 Å². The highest BCUT2D eigenvalue weighted by Gasteiger charge is 2.08. The van der Waals surface area contributed by atoms with Gasteiger partial charge >= 0.3 is 0 Å². The largest absolute Gasteiger partial charge is 0.337 e. The minimum Gasteiger partial charge on any atom is -0.337 e. The Labute approximate surface area is 132 Å². The number of nitrogens with one attached hydrogen (secondary N) is 1. The van der Waals surface area contributed by atoms with Gasteiger partial charge in [-0.25, -0.2) is 9.37 Å². The third-order valence-corrected chi connectivity index (χ3v) is 3.39. The van der Waals surface area contributed by atoms with Crippen LogP contribution in [0.25, 0.3) is 11.1 Å². The van der Waals surface area contributed by atoms with Gasteiger partial charge in [0.1, 0.15) is 0 Å². The van der Waals surface area contributed by atoms with Crippen LogP contribution in [0.1, 0.15) is 5.56 Å². The molecular formula is C16H12ClFN4. The van der Waals surface area contributed by atoms with E-state index in [1.165, 1.54) is 0 Å². The van der Waals surface area contributed by atoms with Gasteiger partial charge in [-0.1, -0.05) is 6.07 Å². The fourth-order valence-electron chi connectivity index (χ4n) is 2.09. The molecule has 2 heterocycles. The molecule has 0 saturated heterocycles. The molecule has 3 rings (SSSR count). The Morgan fingerprint density at radius 1 is 1.09 bits per heavy atom. The maximum atomic E-state index is 13.7. The van der Waals surface area contributed by atoms with Crippen LogP contribution >= 0.6 is 11.6 Å². The van der Waals surface area contributed by atoms with E-state index in [9.17, 15) is 4.39 Å². The predicted molar refractivity (Wildman–Crippen MR) is 84.7 cm³/mol. The Bertz CT molecular complexity index is 808. The summed E-state index contributed by atoms with van der Waals surface area (Å²) in [6.45, 7) is 1.94. The standard InChI is InChI=1S/C16H12ClFN4/c1-10-8-12(11-4-6-19-7-5-11)2-3-14(10)21-15-13(18)9-20-16(17)22-15/h2-9H,1H3,(H,20,21,22). The van der Waals surface area contributed by atoms with Crippen molar-refractivity contribution in [1.29, 1.82) is 0 Å². The number of benzene rings is 1. The predicted octanol–water partition coefficient (Wildman–Crippen LogP) is 4.38. The first-order valence-corrected chi connectivity index (χ1v) is 6.97. The molecule has 0 atom stereocenters. The lowest BCUT2D eigenvalue weighted by molar-refractivity contribution is 0.619. The summed E-state index contributed by atoms with van der Waals surface area (Å²) >= 11 is 5.69. The summed E-state index contributed by atoms with van der Waals surface area (Å²) in [5, 5.41) is 2.93. The molecule has 0 radical (unpaired) electrons. The van der Waals surface area contributed by atoms with E-state index in [1.54, 1.807) is 12.4 Å². The quantitative estimate of drug-likeness (QED) is 0.729. The number of halogens is 2. The van der Waals surface area contributed by atoms with E-state index < -0.39 is 5.82 Å². The number of hydrogen-bond acceptors (Lipinski definition) is 4. The van der Waals surface area contributed by atoms with Gasteiger partial charge in [0.25, 0.3) is 0 Å². The third-order valence-electron chi connectivity index (χ3n) is 3.21. The highest BCUT2D eigenvalue weighted by Crippen LogP contribution is 2.27. The second kappa shape index (κ2) is 6.07. The molecule has 0 aliphatic heterocycles. The summed E-state index contributed by atoms with van der Waals surface area (Å²) in [7, 11) is 0. The van der Waals surface area contributed by atoms with Crippen LogP contribution in [0.4, 0.5) is 15.9 Å². The normalized spacial score (nSPS) is 10.5. The van der Waals surface area contributed by atoms with Gasteiger partial charge in [-0.05, 0) is 59.5 Å². The van der Waals surface area contributed by atoms with Crippen LogP contribution < -0.4 is 5.32 Å². The van der Waals surface area contributed by atoms with Crippen LogP contribution in [-0.2, 0) is 0 Å². The van der Waals surface area contributed by atoms with E-state index in [-0.39, 0.29) is 11.1 Å². The van der Waals surface area contributed by atoms with Gasteiger partial charge in [-0.15, -0.1) is 0 Å². The average molecular weight is 315 g/mol. The second-order valence-electron chi connectivity index (χ2n) is 4.73. The Morgan fingerprint density at radius 2 is 1.86 bits per heavy atom. The number of nitrogens with zero attached hydrogens (tertiary/aromatic N) is 3. The third kappa shape index (κ3) is 3.04. The van der Waals surface area contributed by atoms with Gasteiger partial charge in [0, 0.05) is 18.1 Å². The topological polar surface area (TPSA) is 50.7 Å². The van der Waals surface area contributed by atoms with Crippen LogP contribution in [0.5, 0.6) is 0 Å². The molecular weight excluding hydrogens is 303 g/mol. The molecule has 22 heavy (non-hydrogen) atoms. The van der Waals surface area contributed by atoms with Crippen molar-refractivity contribution >= 4 is 23.1 Å². The number of anilines is 2. The van der Waals surface area contributed by atoms with E-state index >= 15 is 0 Å². The van der Waals surface area contributed by atoms with Gasteiger partial charge in [0.05, 0.1) is 6.20 Å². The highest BCUT2D eigenvalue weighted by atomic mass is 35.5. The fourth-order valence-corrected chi connectivity index (χ4v) is 2.22. The fraction of sp³-hybridized carbons (Fsp3) is 0.0625. The van der Waals surface area contributed by atoms with Crippen molar-refractivity contribution in [2.45, 2.75) is 6.92 Å². The second-order valence-corrected chi connectivity index (χ2v) is 5.06. The van der Waals surface area contributed by atoms with Gasteiger partial charge < -0.3 is 5.32 Å². The average Bonchev–Trinajstić information content (AvgIpc) is 2.53. The highest BCUT2D eigenvalue weighted by molar-refractivity contribution is 6.28. The Balaban J connectivity index is 1.91. The van der Waals surface area contributed by atoms with Gasteiger partial charge in [0.15, 0.2) is 11.6 Å². The van der Waals surface area contributed by atoms with Gasteiger partial charge in [-0.2, -0.15) is 4.98 Å². The summed E-state index contributed by atoms with van der Waals surface area (Å²) in [5.74, 6) is -0.498. The Hall–Kier alpha value is -2.53. The van der Waals surface area contributed by atoms with Crippen molar-refractivity contribution in [3.05, 3.63) is 65.6 Å². The van der Waals surface area contributed by atoms with Crippen molar-refractivity contribution < 1.29 is 4.39 Å². The molecule has 0 spiro atoms. The van der Waals surface area contributed by atoms with E-state index in [0.717, 1.165) is 28.6 Å². The molecule has 1 aromatic carbocycles. The van der Waals surface area contributed by atoms with Crippen LogP contribution in [-0.4, -0.2) is 15.0 Å². The maximum Gasteiger partial charge on any atom is 0.224 e. The van der Waals surface area contributed by atoms with Crippen LogP contribution in [0.3, 0.4) is 0 Å². The number of hydrogen-bond donors (Lipinski definition) is 1. The van der Waals surface area contributed by atoms with Crippen LogP contribution in [0.15, 0.2) is 48.9 Å². The zero-order valence-electron chi connectivity index (χ0n) is 11.7. The zero-order chi connectivity index (χ0) is 15.5. The monoisotopic (exact) mass is 314 g/mol. The van der Waals surface area contributed by atoms with Crippen molar-refractivity contribution in [3.63, 3.8) is 0 Å². The lowest BCUT2D eigenvalue weighted by Crippen LogP contribution is -2.00. The van der Waals surface area contributed by atoms with Crippen molar-refractivity contribution in [1.82, 2.24) is 15.0 Å². The number of rotatable bonds is 3. The number of aromatic nitrogens is 3. The van der Waals surface area contributed by atoms with Crippen molar-refractivity contribution in [2.24, 2.45) is 0 Å². The van der Waals surface area contributed by atoms with Crippen LogP contribution in [0, 0.1) is 12.7 Å².